The molecule has 1 amide bonds. The van der Waals surface area contributed by atoms with E-state index in [2.05, 4.69) is 5.32 Å². The van der Waals surface area contributed by atoms with Gasteiger partial charge in [0.05, 0.1) is 29.5 Å². The highest BCUT2D eigenvalue weighted by molar-refractivity contribution is 7.99. The van der Waals surface area contributed by atoms with Crippen molar-refractivity contribution in [1.82, 2.24) is 14.9 Å². The van der Waals surface area contributed by atoms with E-state index in [0.717, 1.165) is 35.4 Å². The van der Waals surface area contributed by atoms with Crippen LogP contribution in [0.25, 0.3) is 15.9 Å². The smallest absolute Gasteiger partial charge is 0.267 e. The van der Waals surface area contributed by atoms with Crippen molar-refractivity contribution in [1.29, 1.82) is 5.26 Å². The first-order valence-corrected chi connectivity index (χ1v) is 11.5. The summed E-state index contributed by atoms with van der Waals surface area (Å²) in [4.78, 5) is 32.3. The van der Waals surface area contributed by atoms with Gasteiger partial charge in [-0.3, -0.25) is 14.2 Å². The van der Waals surface area contributed by atoms with Crippen LogP contribution >= 0.6 is 23.1 Å². The molecule has 0 spiro atoms. The summed E-state index contributed by atoms with van der Waals surface area (Å²) in [7, 11) is 0. The number of nitriles is 1. The number of rotatable bonds is 7. The summed E-state index contributed by atoms with van der Waals surface area (Å²) in [6.07, 6.45) is 2.95. The van der Waals surface area contributed by atoms with E-state index in [-0.39, 0.29) is 23.8 Å². The quantitative estimate of drug-likeness (QED) is 0.345. The predicted molar refractivity (Wildman–Crippen MR) is 118 cm³/mol. The van der Waals surface area contributed by atoms with Crippen LogP contribution < -0.4 is 15.6 Å². The Morgan fingerprint density at radius 3 is 2.90 bits per heavy atom. The zero-order chi connectivity index (χ0) is 21.1. The largest absolute Gasteiger partial charge is 0.494 e. The van der Waals surface area contributed by atoms with Gasteiger partial charge in [-0.1, -0.05) is 11.8 Å². The second kappa shape index (κ2) is 8.90. The molecule has 154 valence electrons. The number of benzene rings is 1. The van der Waals surface area contributed by atoms with Crippen molar-refractivity contribution < 1.29 is 9.53 Å². The molecule has 30 heavy (non-hydrogen) atoms. The molecule has 1 N–H and O–H groups in total. The van der Waals surface area contributed by atoms with Crippen molar-refractivity contribution in [2.24, 2.45) is 0 Å². The van der Waals surface area contributed by atoms with Crippen molar-refractivity contribution in [2.45, 2.75) is 31.3 Å². The van der Waals surface area contributed by atoms with E-state index < -0.39 is 0 Å². The van der Waals surface area contributed by atoms with Crippen LogP contribution in [0.1, 0.15) is 23.8 Å². The van der Waals surface area contributed by atoms with Crippen molar-refractivity contribution in [2.75, 3.05) is 18.9 Å². The van der Waals surface area contributed by atoms with Gasteiger partial charge in [-0.15, -0.1) is 11.3 Å². The number of carbonyl (C=O) groups is 1. The Kier molecular flexibility index (Phi) is 6.06. The molecular weight excluding hydrogens is 420 g/mol. The number of aromatic nitrogens is 2. The number of fused-ring (bicyclic) bond motifs is 3. The van der Waals surface area contributed by atoms with Crippen LogP contribution in [0, 0.1) is 11.3 Å². The molecule has 4 rings (SSSR count). The van der Waals surface area contributed by atoms with Crippen molar-refractivity contribution in [3.63, 3.8) is 0 Å². The van der Waals surface area contributed by atoms with Crippen LogP contribution in [-0.4, -0.2) is 34.4 Å². The molecule has 0 saturated carbocycles. The lowest BCUT2D eigenvalue weighted by Gasteiger charge is -2.13. The molecule has 0 saturated heterocycles. The molecule has 0 bridgehead atoms. The van der Waals surface area contributed by atoms with Crippen molar-refractivity contribution >= 4 is 39.2 Å². The molecule has 1 aliphatic carbocycles. The van der Waals surface area contributed by atoms with Crippen LogP contribution in [0.15, 0.2) is 34.2 Å². The highest BCUT2D eigenvalue weighted by Gasteiger charge is 2.24. The van der Waals surface area contributed by atoms with Gasteiger partial charge in [0, 0.05) is 4.88 Å². The van der Waals surface area contributed by atoms with E-state index in [1.807, 2.05) is 37.3 Å². The monoisotopic (exact) mass is 440 g/mol. The van der Waals surface area contributed by atoms with Crippen LogP contribution in [0.5, 0.6) is 5.75 Å². The summed E-state index contributed by atoms with van der Waals surface area (Å²) in [6.45, 7) is 2.43. The summed E-state index contributed by atoms with van der Waals surface area (Å²) in [5, 5.41) is 12.3. The summed E-state index contributed by atoms with van der Waals surface area (Å²) in [6, 6.07) is 9.18. The molecule has 2 heterocycles. The van der Waals surface area contributed by atoms with Gasteiger partial charge in [0.2, 0.25) is 5.91 Å². The number of hydrogen-bond acceptors (Lipinski definition) is 7. The molecule has 1 aromatic carbocycles. The maximum atomic E-state index is 13.5. The average Bonchev–Trinajstić information content (AvgIpc) is 3.32. The number of nitrogens with one attached hydrogen (secondary N) is 1. The molecule has 1 aliphatic rings. The van der Waals surface area contributed by atoms with Gasteiger partial charge < -0.3 is 10.1 Å². The lowest BCUT2D eigenvalue weighted by atomic mass is 10.2. The van der Waals surface area contributed by atoms with Crippen molar-refractivity contribution in [3.8, 4) is 17.5 Å². The summed E-state index contributed by atoms with van der Waals surface area (Å²) < 4.78 is 7.08. The van der Waals surface area contributed by atoms with Crippen LogP contribution in [0.2, 0.25) is 0 Å². The van der Waals surface area contributed by atoms with Gasteiger partial charge in [0.25, 0.3) is 5.56 Å². The van der Waals surface area contributed by atoms with Gasteiger partial charge in [0.15, 0.2) is 5.16 Å². The summed E-state index contributed by atoms with van der Waals surface area (Å²) >= 11 is 2.76. The van der Waals surface area contributed by atoms with Gasteiger partial charge in [0.1, 0.15) is 17.1 Å². The van der Waals surface area contributed by atoms with E-state index in [4.69, 9.17) is 15.0 Å². The molecule has 0 fully saturated rings. The zero-order valence-electron chi connectivity index (χ0n) is 16.4. The second-order valence-electron chi connectivity index (χ2n) is 6.72. The van der Waals surface area contributed by atoms with Gasteiger partial charge in [-0.25, -0.2) is 4.98 Å². The number of thiophene rings is 1. The Morgan fingerprint density at radius 2 is 2.17 bits per heavy atom. The molecule has 7 nitrogen and oxygen atoms in total. The van der Waals surface area contributed by atoms with E-state index in [1.165, 1.54) is 16.6 Å². The standard InChI is InChI=1S/C21H20N4O3S2/c1-2-28-14-8-6-13(7-9-14)25-20(27)18-15-4-3-5-16(15)30-19(18)24-21(25)29-12-17(26)23-11-10-22/h6-9H,2-5,11-12H2,1H3,(H,23,26). The van der Waals surface area contributed by atoms with E-state index in [9.17, 15) is 9.59 Å². The molecule has 0 radical (unpaired) electrons. The molecule has 0 atom stereocenters. The Balaban J connectivity index is 1.78. The SMILES string of the molecule is CCOc1ccc(-n2c(SCC(=O)NCC#N)nc3sc4c(c3c2=O)CCC4)cc1. The van der Waals surface area contributed by atoms with Gasteiger partial charge >= 0.3 is 0 Å². The normalized spacial score (nSPS) is 12.5. The molecular formula is C21H20N4O3S2. The van der Waals surface area contributed by atoms with Gasteiger partial charge in [-0.2, -0.15) is 5.26 Å². The second-order valence-corrected chi connectivity index (χ2v) is 8.75. The highest BCUT2D eigenvalue weighted by atomic mass is 32.2. The molecule has 2 aromatic heterocycles. The Labute approximate surface area is 181 Å². The van der Waals surface area contributed by atoms with Crippen LogP contribution in [0.4, 0.5) is 0 Å². The van der Waals surface area contributed by atoms with Crippen LogP contribution in [0.3, 0.4) is 0 Å². The third-order valence-electron chi connectivity index (χ3n) is 4.81. The molecule has 9 heteroatoms. The lowest BCUT2D eigenvalue weighted by molar-refractivity contribution is -0.118. The number of aryl methyl sites for hydroxylation is 2. The number of ether oxygens (including phenoxy) is 1. The predicted octanol–water partition coefficient (Wildman–Crippen LogP) is 3.07. The molecule has 0 aliphatic heterocycles. The first-order chi connectivity index (χ1) is 14.6. The topological polar surface area (TPSA) is 97.0 Å². The fraction of sp³-hybridized carbons (Fsp3) is 0.333. The fourth-order valence-electron chi connectivity index (χ4n) is 3.53. The number of nitrogens with zero attached hydrogens (tertiary/aromatic N) is 3. The number of carbonyl (C=O) groups excluding carboxylic acids is 1. The molecule has 0 unspecified atom stereocenters. The summed E-state index contributed by atoms with van der Waals surface area (Å²) in [5.41, 5.74) is 1.69. The average molecular weight is 441 g/mol. The summed E-state index contributed by atoms with van der Waals surface area (Å²) in [5.74, 6) is 0.523. The highest BCUT2D eigenvalue weighted by Crippen LogP contribution is 2.36. The van der Waals surface area contributed by atoms with Crippen LogP contribution in [-0.2, 0) is 17.6 Å². The minimum absolute atomic E-state index is 0.0464. The third kappa shape index (κ3) is 3.93. The first kappa shape index (κ1) is 20.4. The molecule has 3 aromatic rings. The Bertz CT molecular complexity index is 1190. The minimum Gasteiger partial charge on any atom is -0.494 e. The fourth-order valence-corrected chi connectivity index (χ4v) is 5.67. The number of thioether (sulfide) groups is 1. The van der Waals surface area contributed by atoms with E-state index in [1.54, 1.807) is 15.9 Å². The van der Waals surface area contributed by atoms with E-state index >= 15 is 0 Å². The minimum atomic E-state index is -0.275. The first-order valence-electron chi connectivity index (χ1n) is 9.69. The lowest BCUT2D eigenvalue weighted by Crippen LogP contribution is -2.26. The Hall–Kier alpha value is -2.83. The maximum Gasteiger partial charge on any atom is 0.267 e. The zero-order valence-corrected chi connectivity index (χ0v) is 18.1. The van der Waals surface area contributed by atoms with Gasteiger partial charge in [-0.05, 0) is 56.0 Å². The number of hydrogen-bond donors (Lipinski definition) is 1. The maximum absolute atomic E-state index is 13.5. The number of amides is 1. The Morgan fingerprint density at radius 1 is 1.37 bits per heavy atom. The van der Waals surface area contributed by atoms with Crippen molar-refractivity contribution in [3.05, 3.63) is 45.1 Å². The van der Waals surface area contributed by atoms with E-state index in [0.29, 0.717) is 22.8 Å². The third-order valence-corrected chi connectivity index (χ3v) is 6.94.